The van der Waals surface area contributed by atoms with E-state index >= 15 is 0 Å². The lowest BCUT2D eigenvalue weighted by atomic mass is 10.2. The molecule has 21 heavy (non-hydrogen) atoms. The first-order valence-corrected chi connectivity index (χ1v) is 8.41. The molecule has 2 aromatic rings. The number of rotatable bonds is 4. The normalized spacial score (nSPS) is 22.3. The van der Waals surface area contributed by atoms with Gasteiger partial charge in [0.25, 0.3) is 0 Å². The summed E-state index contributed by atoms with van der Waals surface area (Å²) in [5.74, 6) is 1.18. The van der Waals surface area contributed by atoms with Gasteiger partial charge in [0.1, 0.15) is 11.6 Å². The third-order valence-electron chi connectivity index (χ3n) is 4.18. The summed E-state index contributed by atoms with van der Waals surface area (Å²) in [6, 6.07) is 3.60. The van der Waals surface area contributed by atoms with Crippen LogP contribution in [0.25, 0.3) is 11.0 Å². The van der Waals surface area contributed by atoms with Gasteiger partial charge in [-0.25, -0.2) is 9.37 Å². The van der Waals surface area contributed by atoms with Gasteiger partial charge in [0.15, 0.2) is 0 Å². The lowest BCUT2D eigenvalue weighted by Crippen LogP contribution is -2.12. The van der Waals surface area contributed by atoms with E-state index in [1.54, 1.807) is 19.2 Å². The predicted molar refractivity (Wildman–Crippen MR) is 85.5 cm³/mol. The van der Waals surface area contributed by atoms with E-state index in [1.807, 2.05) is 0 Å². The van der Waals surface area contributed by atoms with Crippen molar-refractivity contribution in [1.29, 1.82) is 0 Å². The summed E-state index contributed by atoms with van der Waals surface area (Å²) >= 11 is 9.12. The van der Waals surface area contributed by atoms with E-state index in [-0.39, 0.29) is 11.9 Å². The van der Waals surface area contributed by atoms with Gasteiger partial charge in [-0.1, -0.05) is 0 Å². The Morgan fingerprint density at radius 1 is 1.48 bits per heavy atom. The smallest absolute Gasteiger partial charge is 0.139 e. The molecular weight excluding hydrogens is 359 g/mol. The molecule has 1 aliphatic carbocycles. The second-order valence-electron chi connectivity index (χ2n) is 5.42. The van der Waals surface area contributed by atoms with E-state index in [0.717, 1.165) is 36.1 Å². The van der Waals surface area contributed by atoms with Crippen LogP contribution < -0.4 is 0 Å². The molecule has 0 amide bonds. The summed E-state index contributed by atoms with van der Waals surface area (Å²) in [5.41, 5.74) is 1.65. The summed E-state index contributed by atoms with van der Waals surface area (Å²) in [6.45, 7) is 0. The molecule has 0 aliphatic heterocycles. The topological polar surface area (TPSA) is 27.1 Å². The first kappa shape index (κ1) is 15.3. The van der Waals surface area contributed by atoms with Crippen molar-refractivity contribution in [2.45, 2.75) is 37.8 Å². The standard InChI is InChI=1S/C15H17BrClFN2O/c1-21-10-3-2-9(6-10)20-14-8-12(18)11(16)7-13(14)19-15(20)4-5-17/h7-10H,2-6H2,1H3. The number of fused-ring (bicyclic) bond motifs is 1. The van der Waals surface area contributed by atoms with Crippen LogP contribution in [0.2, 0.25) is 0 Å². The summed E-state index contributed by atoms with van der Waals surface area (Å²) in [4.78, 5) is 4.64. The minimum atomic E-state index is -0.262. The Labute approximate surface area is 136 Å². The molecule has 0 N–H and O–H groups in total. The van der Waals surface area contributed by atoms with Crippen molar-refractivity contribution in [3.05, 3.63) is 28.2 Å². The zero-order chi connectivity index (χ0) is 15.0. The van der Waals surface area contributed by atoms with Gasteiger partial charge in [-0.3, -0.25) is 0 Å². The highest BCUT2D eigenvalue weighted by atomic mass is 79.9. The fourth-order valence-electron chi connectivity index (χ4n) is 3.17. The Morgan fingerprint density at radius 3 is 2.95 bits per heavy atom. The number of hydrogen-bond donors (Lipinski definition) is 0. The Bertz CT molecular complexity index is 661. The molecule has 1 saturated carbocycles. The van der Waals surface area contributed by atoms with E-state index in [0.29, 0.717) is 22.8 Å². The zero-order valence-electron chi connectivity index (χ0n) is 11.8. The van der Waals surface area contributed by atoms with Gasteiger partial charge in [0, 0.05) is 31.5 Å². The van der Waals surface area contributed by atoms with Crippen LogP contribution in [0.15, 0.2) is 16.6 Å². The van der Waals surface area contributed by atoms with Crippen molar-refractivity contribution in [1.82, 2.24) is 9.55 Å². The summed E-state index contributed by atoms with van der Waals surface area (Å²) < 4.78 is 22.0. The van der Waals surface area contributed by atoms with Gasteiger partial charge in [-0.05, 0) is 41.3 Å². The maximum atomic E-state index is 13.9. The largest absolute Gasteiger partial charge is 0.381 e. The number of methoxy groups -OCH3 is 1. The molecule has 3 rings (SSSR count). The Hall–Kier alpha value is -0.650. The second kappa shape index (κ2) is 6.23. The molecule has 1 fully saturated rings. The Kier molecular flexibility index (Phi) is 4.52. The van der Waals surface area contributed by atoms with Crippen LogP contribution in [-0.4, -0.2) is 28.6 Å². The number of aromatic nitrogens is 2. The molecule has 2 unspecified atom stereocenters. The Balaban J connectivity index is 2.09. The van der Waals surface area contributed by atoms with Crippen LogP contribution in [0.3, 0.4) is 0 Å². The van der Waals surface area contributed by atoms with Gasteiger partial charge in [0.2, 0.25) is 0 Å². The van der Waals surface area contributed by atoms with Crippen LogP contribution in [0, 0.1) is 5.82 Å². The molecule has 1 aromatic carbocycles. The quantitative estimate of drug-likeness (QED) is 0.738. The molecule has 0 bridgehead atoms. The van der Waals surface area contributed by atoms with E-state index in [4.69, 9.17) is 16.3 Å². The average molecular weight is 376 g/mol. The first-order valence-electron chi connectivity index (χ1n) is 7.08. The number of ether oxygens (including phenoxy) is 1. The number of nitrogens with zero attached hydrogens (tertiary/aromatic N) is 2. The van der Waals surface area contributed by atoms with Gasteiger partial charge in [0.05, 0.1) is 21.6 Å². The Morgan fingerprint density at radius 2 is 2.29 bits per heavy atom. The first-order chi connectivity index (χ1) is 10.1. The van der Waals surface area contributed by atoms with Gasteiger partial charge >= 0.3 is 0 Å². The van der Waals surface area contributed by atoms with Crippen molar-refractivity contribution in [3.63, 3.8) is 0 Å². The van der Waals surface area contributed by atoms with E-state index < -0.39 is 0 Å². The van der Waals surface area contributed by atoms with Crippen LogP contribution in [0.1, 0.15) is 31.1 Å². The molecule has 0 radical (unpaired) electrons. The van der Waals surface area contributed by atoms with Crippen LogP contribution in [0.5, 0.6) is 0 Å². The molecule has 2 atom stereocenters. The van der Waals surface area contributed by atoms with Crippen molar-refractivity contribution >= 4 is 38.6 Å². The molecule has 0 saturated heterocycles. The highest BCUT2D eigenvalue weighted by molar-refractivity contribution is 9.10. The number of alkyl halides is 1. The number of hydrogen-bond acceptors (Lipinski definition) is 2. The highest BCUT2D eigenvalue weighted by Gasteiger charge is 2.29. The molecule has 1 heterocycles. The van der Waals surface area contributed by atoms with Crippen LogP contribution >= 0.6 is 27.5 Å². The van der Waals surface area contributed by atoms with Gasteiger partial charge < -0.3 is 9.30 Å². The average Bonchev–Trinajstić information content (AvgIpc) is 3.04. The lowest BCUT2D eigenvalue weighted by Gasteiger charge is -2.17. The SMILES string of the molecule is COC1CCC(n2c(CCCl)nc3cc(Br)c(F)cc32)C1. The summed E-state index contributed by atoms with van der Waals surface area (Å²) in [5, 5.41) is 0. The van der Waals surface area contributed by atoms with Gasteiger partial charge in [-0.15, -0.1) is 11.6 Å². The molecule has 3 nitrogen and oxygen atoms in total. The number of halogens is 3. The van der Waals surface area contributed by atoms with Gasteiger partial charge in [-0.2, -0.15) is 0 Å². The van der Waals surface area contributed by atoms with E-state index in [9.17, 15) is 4.39 Å². The third kappa shape index (κ3) is 2.83. The molecule has 1 aliphatic rings. The van der Waals surface area contributed by atoms with Crippen molar-refractivity contribution in [2.24, 2.45) is 0 Å². The fraction of sp³-hybridized carbons (Fsp3) is 0.533. The summed E-state index contributed by atoms with van der Waals surface area (Å²) in [7, 11) is 1.75. The maximum absolute atomic E-state index is 13.9. The molecule has 6 heteroatoms. The van der Waals surface area contributed by atoms with Crippen molar-refractivity contribution in [3.8, 4) is 0 Å². The highest BCUT2D eigenvalue weighted by Crippen LogP contribution is 2.36. The van der Waals surface area contributed by atoms with Crippen molar-refractivity contribution in [2.75, 3.05) is 13.0 Å². The molecular formula is C15H17BrClFN2O. The molecule has 114 valence electrons. The number of benzene rings is 1. The fourth-order valence-corrected chi connectivity index (χ4v) is 3.67. The van der Waals surface area contributed by atoms with E-state index in [2.05, 4.69) is 25.5 Å². The molecule has 1 aromatic heterocycles. The number of imidazole rings is 1. The lowest BCUT2D eigenvalue weighted by molar-refractivity contribution is 0.106. The number of aryl methyl sites for hydroxylation is 1. The minimum Gasteiger partial charge on any atom is -0.381 e. The maximum Gasteiger partial charge on any atom is 0.139 e. The van der Waals surface area contributed by atoms with Crippen LogP contribution in [-0.2, 0) is 11.2 Å². The van der Waals surface area contributed by atoms with E-state index in [1.165, 1.54) is 0 Å². The summed E-state index contributed by atoms with van der Waals surface area (Å²) in [6.07, 6.45) is 3.95. The van der Waals surface area contributed by atoms with Crippen LogP contribution in [0.4, 0.5) is 4.39 Å². The molecule has 0 spiro atoms. The third-order valence-corrected chi connectivity index (χ3v) is 4.97. The monoisotopic (exact) mass is 374 g/mol. The second-order valence-corrected chi connectivity index (χ2v) is 6.65. The van der Waals surface area contributed by atoms with Crippen molar-refractivity contribution < 1.29 is 9.13 Å². The zero-order valence-corrected chi connectivity index (χ0v) is 14.1. The minimum absolute atomic E-state index is 0.262. The predicted octanol–water partition coefficient (Wildman–Crippen LogP) is 4.46.